The van der Waals surface area contributed by atoms with Crippen LogP contribution in [0.25, 0.3) is 0 Å². The van der Waals surface area contributed by atoms with Gasteiger partial charge in [-0.05, 0) is 30.0 Å². The number of hydrogen-bond acceptors (Lipinski definition) is 4. The van der Waals surface area contributed by atoms with E-state index < -0.39 is 6.10 Å². The molecule has 1 aliphatic heterocycles. The molecule has 0 unspecified atom stereocenters. The van der Waals surface area contributed by atoms with Crippen LogP contribution in [0.2, 0.25) is 0 Å². The van der Waals surface area contributed by atoms with E-state index in [4.69, 9.17) is 0 Å². The van der Waals surface area contributed by atoms with E-state index in [2.05, 4.69) is 27.3 Å². The Balaban J connectivity index is 1.47. The standard InChI is InChI=1S/C18H23N3O/c22-17(16-6-2-1-3-7-16)14-19-12-15-8-9-18(20-13-15)21-10-4-5-11-21/h1-3,6-9,13,17,19,22H,4-5,10-12,14H2/t17-/m0/s1. The maximum atomic E-state index is 10.1. The molecule has 0 bridgehead atoms. The van der Waals surface area contributed by atoms with Crippen LogP contribution in [0.1, 0.15) is 30.1 Å². The summed E-state index contributed by atoms with van der Waals surface area (Å²) in [5, 5.41) is 13.4. The maximum absolute atomic E-state index is 10.1. The number of benzene rings is 1. The van der Waals surface area contributed by atoms with E-state index in [-0.39, 0.29) is 0 Å². The molecule has 22 heavy (non-hydrogen) atoms. The predicted molar refractivity (Wildman–Crippen MR) is 88.8 cm³/mol. The summed E-state index contributed by atoms with van der Waals surface area (Å²) in [4.78, 5) is 6.87. The molecule has 3 rings (SSSR count). The van der Waals surface area contributed by atoms with E-state index in [1.165, 1.54) is 12.8 Å². The van der Waals surface area contributed by atoms with Crippen molar-refractivity contribution in [2.24, 2.45) is 0 Å². The highest BCUT2D eigenvalue weighted by molar-refractivity contribution is 5.40. The van der Waals surface area contributed by atoms with Crippen LogP contribution in [-0.2, 0) is 6.54 Å². The topological polar surface area (TPSA) is 48.4 Å². The van der Waals surface area contributed by atoms with Gasteiger partial charge in [-0.3, -0.25) is 0 Å². The van der Waals surface area contributed by atoms with Gasteiger partial charge in [-0.1, -0.05) is 36.4 Å². The first-order chi connectivity index (χ1) is 10.8. The zero-order valence-corrected chi connectivity index (χ0v) is 12.8. The van der Waals surface area contributed by atoms with Crippen LogP contribution in [0, 0.1) is 0 Å². The third-order valence-electron chi connectivity index (χ3n) is 4.09. The zero-order valence-electron chi connectivity index (χ0n) is 12.8. The van der Waals surface area contributed by atoms with Crippen LogP contribution >= 0.6 is 0 Å². The van der Waals surface area contributed by atoms with Crippen molar-refractivity contribution in [3.8, 4) is 0 Å². The number of nitrogens with one attached hydrogen (secondary N) is 1. The normalized spacial score (nSPS) is 16.0. The first kappa shape index (κ1) is 15.0. The molecular weight excluding hydrogens is 274 g/mol. The number of aliphatic hydroxyl groups excluding tert-OH is 1. The van der Waals surface area contributed by atoms with Crippen molar-refractivity contribution in [1.29, 1.82) is 0 Å². The molecule has 1 aromatic carbocycles. The Morgan fingerprint density at radius 3 is 2.55 bits per heavy atom. The van der Waals surface area contributed by atoms with Crippen LogP contribution in [0.3, 0.4) is 0 Å². The lowest BCUT2D eigenvalue weighted by Gasteiger charge is -2.16. The molecule has 2 N–H and O–H groups in total. The quantitative estimate of drug-likeness (QED) is 0.860. The first-order valence-corrected chi connectivity index (χ1v) is 7.96. The second kappa shape index (κ2) is 7.38. The Morgan fingerprint density at radius 2 is 1.86 bits per heavy atom. The molecule has 0 saturated carbocycles. The third-order valence-corrected chi connectivity index (χ3v) is 4.09. The summed E-state index contributed by atoms with van der Waals surface area (Å²) < 4.78 is 0. The van der Waals surface area contributed by atoms with Crippen LogP contribution in [0.4, 0.5) is 5.82 Å². The van der Waals surface area contributed by atoms with Crippen molar-refractivity contribution in [1.82, 2.24) is 10.3 Å². The molecule has 0 amide bonds. The summed E-state index contributed by atoms with van der Waals surface area (Å²) in [6, 6.07) is 13.9. The van der Waals surface area contributed by atoms with Crippen molar-refractivity contribution in [2.45, 2.75) is 25.5 Å². The van der Waals surface area contributed by atoms with Crippen molar-refractivity contribution in [3.05, 3.63) is 59.8 Å². The van der Waals surface area contributed by atoms with E-state index >= 15 is 0 Å². The van der Waals surface area contributed by atoms with Crippen LogP contribution in [-0.4, -0.2) is 29.7 Å². The van der Waals surface area contributed by atoms with Crippen molar-refractivity contribution >= 4 is 5.82 Å². The van der Waals surface area contributed by atoms with Gasteiger partial charge in [0.05, 0.1) is 6.10 Å². The second-order valence-electron chi connectivity index (χ2n) is 5.78. The highest BCUT2D eigenvalue weighted by Gasteiger charge is 2.13. The molecule has 1 aromatic heterocycles. The number of anilines is 1. The Morgan fingerprint density at radius 1 is 1.09 bits per heavy atom. The minimum Gasteiger partial charge on any atom is -0.387 e. The fraction of sp³-hybridized carbons (Fsp3) is 0.389. The predicted octanol–water partition coefficient (Wildman–Crippen LogP) is 2.51. The molecule has 0 radical (unpaired) electrons. The maximum Gasteiger partial charge on any atom is 0.128 e. The summed E-state index contributed by atoms with van der Waals surface area (Å²) in [5.41, 5.74) is 2.08. The van der Waals surface area contributed by atoms with E-state index in [9.17, 15) is 5.11 Å². The van der Waals surface area contributed by atoms with E-state index in [0.717, 1.165) is 36.6 Å². The molecule has 0 aliphatic carbocycles. The second-order valence-corrected chi connectivity index (χ2v) is 5.78. The lowest BCUT2D eigenvalue weighted by atomic mass is 10.1. The van der Waals surface area contributed by atoms with Crippen LogP contribution in [0.15, 0.2) is 48.7 Å². The largest absolute Gasteiger partial charge is 0.387 e. The zero-order chi connectivity index (χ0) is 15.2. The van der Waals surface area contributed by atoms with Gasteiger partial charge in [0.15, 0.2) is 0 Å². The summed E-state index contributed by atoms with van der Waals surface area (Å²) in [6.45, 7) is 3.50. The summed E-state index contributed by atoms with van der Waals surface area (Å²) >= 11 is 0. The lowest BCUT2D eigenvalue weighted by molar-refractivity contribution is 0.174. The molecule has 4 heteroatoms. The third kappa shape index (κ3) is 3.84. The van der Waals surface area contributed by atoms with Gasteiger partial charge in [0.25, 0.3) is 0 Å². The monoisotopic (exact) mass is 297 g/mol. The van der Waals surface area contributed by atoms with E-state index in [0.29, 0.717) is 6.54 Å². The molecule has 2 aromatic rings. The molecular formula is C18H23N3O. The number of rotatable bonds is 6. The van der Waals surface area contributed by atoms with E-state index in [1.807, 2.05) is 36.5 Å². The fourth-order valence-electron chi connectivity index (χ4n) is 2.80. The summed E-state index contributed by atoms with van der Waals surface area (Å²) in [5.74, 6) is 1.07. The van der Waals surface area contributed by atoms with Gasteiger partial charge in [0, 0.05) is 32.4 Å². The highest BCUT2D eigenvalue weighted by Crippen LogP contribution is 2.17. The Labute approximate surface area is 131 Å². The number of aliphatic hydroxyl groups is 1. The Kier molecular flexibility index (Phi) is 5.03. The molecule has 1 atom stereocenters. The summed E-state index contributed by atoms with van der Waals surface area (Å²) in [6.07, 6.45) is 3.98. The van der Waals surface area contributed by atoms with Gasteiger partial charge in [-0.2, -0.15) is 0 Å². The molecule has 4 nitrogen and oxygen atoms in total. The van der Waals surface area contributed by atoms with E-state index in [1.54, 1.807) is 0 Å². The van der Waals surface area contributed by atoms with Crippen molar-refractivity contribution in [2.75, 3.05) is 24.5 Å². The Hall–Kier alpha value is -1.91. The van der Waals surface area contributed by atoms with Gasteiger partial charge < -0.3 is 15.3 Å². The Bertz CT molecular complexity index is 565. The minimum atomic E-state index is -0.474. The minimum absolute atomic E-state index is 0.474. The van der Waals surface area contributed by atoms with Gasteiger partial charge in [0.1, 0.15) is 5.82 Å². The van der Waals surface area contributed by atoms with Crippen molar-refractivity contribution in [3.63, 3.8) is 0 Å². The molecule has 1 saturated heterocycles. The average Bonchev–Trinajstić information content (AvgIpc) is 3.11. The lowest BCUT2D eigenvalue weighted by Crippen LogP contribution is -2.22. The van der Waals surface area contributed by atoms with Gasteiger partial charge in [0.2, 0.25) is 0 Å². The molecule has 1 fully saturated rings. The molecule has 1 aliphatic rings. The molecule has 2 heterocycles. The van der Waals surface area contributed by atoms with Crippen LogP contribution in [0.5, 0.6) is 0 Å². The van der Waals surface area contributed by atoms with Crippen LogP contribution < -0.4 is 10.2 Å². The smallest absolute Gasteiger partial charge is 0.128 e. The molecule has 0 spiro atoms. The number of hydrogen-bond donors (Lipinski definition) is 2. The van der Waals surface area contributed by atoms with Crippen molar-refractivity contribution < 1.29 is 5.11 Å². The summed E-state index contributed by atoms with van der Waals surface area (Å²) in [7, 11) is 0. The highest BCUT2D eigenvalue weighted by atomic mass is 16.3. The SMILES string of the molecule is O[C@@H](CNCc1ccc(N2CCCC2)nc1)c1ccccc1. The number of aromatic nitrogens is 1. The first-order valence-electron chi connectivity index (χ1n) is 7.96. The van der Waals surface area contributed by atoms with Gasteiger partial charge in [-0.25, -0.2) is 4.98 Å². The van der Waals surface area contributed by atoms with Gasteiger partial charge in [-0.15, -0.1) is 0 Å². The number of pyridine rings is 1. The molecule has 116 valence electrons. The van der Waals surface area contributed by atoms with Gasteiger partial charge >= 0.3 is 0 Å². The fourth-order valence-corrected chi connectivity index (χ4v) is 2.80. The number of nitrogens with zero attached hydrogens (tertiary/aromatic N) is 2. The average molecular weight is 297 g/mol.